The van der Waals surface area contributed by atoms with Crippen LogP contribution in [0.5, 0.6) is 0 Å². The van der Waals surface area contributed by atoms with Gasteiger partial charge in [0.1, 0.15) is 11.9 Å². The van der Waals surface area contributed by atoms with E-state index >= 15 is 4.79 Å². The number of amides is 1. The molecule has 0 bridgehead atoms. The van der Waals surface area contributed by atoms with Crippen LogP contribution in [0.3, 0.4) is 0 Å². The molecular formula is C55H81N3O6. The first-order valence-corrected chi connectivity index (χ1v) is 25.4. The van der Waals surface area contributed by atoms with Crippen LogP contribution in [0.2, 0.25) is 0 Å². The molecule has 1 saturated heterocycles. The second kappa shape index (κ2) is 17.3. The zero-order valence-corrected chi connectivity index (χ0v) is 41.0. The third kappa shape index (κ3) is 7.71. The summed E-state index contributed by atoms with van der Waals surface area (Å²) < 4.78 is 13.0. The summed E-state index contributed by atoms with van der Waals surface area (Å²) >= 11 is 0. The van der Waals surface area contributed by atoms with Crippen molar-refractivity contribution in [2.75, 3.05) is 6.54 Å². The molecule has 5 saturated carbocycles. The molecule has 13 atom stereocenters. The number of ether oxygens (including phenoxy) is 2. The van der Waals surface area contributed by atoms with Gasteiger partial charge in [0.05, 0.1) is 41.2 Å². The Morgan fingerprint density at radius 1 is 0.953 bits per heavy atom. The average Bonchev–Trinajstić information content (AvgIpc) is 4.00. The van der Waals surface area contributed by atoms with E-state index in [4.69, 9.17) is 14.5 Å². The van der Waals surface area contributed by atoms with Crippen molar-refractivity contribution in [3.63, 3.8) is 0 Å². The summed E-state index contributed by atoms with van der Waals surface area (Å²) in [6, 6.07) is 10.1. The van der Waals surface area contributed by atoms with Gasteiger partial charge in [-0.3, -0.25) is 14.4 Å². The number of H-pyrrole nitrogens is 1. The number of aliphatic carboxylic acids is 1. The van der Waals surface area contributed by atoms with Gasteiger partial charge in [-0.2, -0.15) is 0 Å². The number of imidazole rings is 1. The first-order valence-electron chi connectivity index (χ1n) is 25.4. The Hall–Kier alpha value is -3.46. The molecule has 8 rings (SSSR count). The zero-order chi connectivity index (χ0) is 46.1. The summed E-state index contributed by atoms with van der Waals surface area (Å²) in [6.45, 7) is 27.5. The lowest BCUT2D eigenvalue weighted by Crippen LogP contribution is -2.63. The van der Waals surface area contributed by atoms with E-state index in [1.54, 1.807) is 0 Å². The molecule has 6 fully saturated rings. The van der Waals surface area contributed by atoms with Crippen molar-refractivity contribution in [2.24, 2.45) is 68.5 Å². The summed E-state index contributed by atoms with van der Waals surface area (Å²) in [5, 5.41) is 9.77. The number of nitrogens with zero attached hydrogens (tertiary/aromatic N) is 2. The van der Waals surface area contributed by atoms with Crippen LogP contribution in [0.15, 0.2) is 48.7 Å². The van der Waals surface area contributed by atoms with Gasteiger partial charge in [0, 0.05) is 30.1 Å². The highest BCUT2D eigenvalue weighted by Crippen LogP contribution is 2.74. The summed E-state index contributed by atoms with van der Waals surface area (Å²) in [5.41, 5.74) is 2.15. The number of unbranched alkanes of at least 4 members (excludes halogenated alkanes) is 1. The second-order valence-electron chi connectivity index (χ2n) is 23.8. The Morgan fingerprint density at radius 2 is 1.69 bits per heavy atom. The summed E-state index contributed by atoms with van der Waals surface area (Å²) in [5.74, 6) is 1.20. The number of aromatic amines is 1. The van der Waals surface area contributed by atoms with Crippen LogP contribution < -0.4 is 0 Å². The van der Waals surface area contributed by atoms with E-state index in [1.807, 2.05) is 38.2 Å². The molecule has 1 aromatic carbocycles. The van der Waals surface area contributed by atoms with E-state index in [9.17, 15) is 14.7 Å². The van der Waals surface area contributed by atoms with Gasteiger partial charge in [0.25, 0.3) is 0 Å². The van der Waals surface area contributed by atoms with Crippen molar-refractivity contribution in [2.45, 2.75) is 183 Å². The van der Waals surface area contributed by atoms with Crippen LogP contribution in [0.25, 0.3) is 11.3 Å². The van der Waals surface area contributed by atoms with Crippen LogP contribution >= 0.6 is 0 Å². The molecule has 1 aromatic heterocycles. The molecule has 64 heavy (non-hydrogen) atoms. The van der Waals surface area contributed by atoms with Gasteiger partial charge in [-0.05, 0) is 137 Å². The number of carbonyl (C=O) groups excluding carboxylic acids is 2. The smallest absolute Gasteiger partial charge is 0.309 e. The van der Waals surface area contributed by atoms with Crippen molar-refractivity contribution >= 4 is 17.8 Å². The standard InChI is InChI=1S/C55H81N3O6/c1-12-13-19-45(64-49(61)42-30-41(48(59)60)52(42,8)9)51(6,7)36-22-24-53(10)37(28-36)20-21-40-46-39(33(2)3)23-25-55(46,27-26-54(40,53)11)50(62)58-32-38(63-34(4)5)29-44(58)47-56-31-43(57-47)35-17-15-14-16-18-35/h14-18,31,34,36-42,44-46H,2,12-13,19-30,32H2,1,3-11H3,(H,56,57)(H,59,60)/t36-,37-,38-,39+,40-,41+,42-,44+,45+,46-,53-,54-,55+/m1/s1. The quantitative estimate of drug-likeness (QED) is 0.143. The maximum absolute atomic E-state index is 15.9. The van der Waals surface area contributed by atoms with E-state index < -0.39 is 22.7 Å². The molecule has 2 heterocycles. The Balaban J connectivity index is 1.04. The van der Waals surface area contributed by atoms with Crippen LogP contribution in [0.1, 0.15) is 171 Å². The minimum absolute atomic E-state index is 0.0468. The fraction of sp³-hybridized carbons (Fsp3) is 0.745. The Kier molecular flexibility index (Phi) is 12.7. The minimum atomic E-state index is -0.822. The van der Waals surface area contributed by atoms with E-state index in [0.717, 1.165) is 101 Å². The van der Waals surface area contributed by atoms with Crippen LogP contribution in [0.4, 0.5) is 0 Å². The topological polar surface area (TPSA) is 122 Å². The van der Waals surface area contributed by atoms with Crippen LogP contribution in [-0.2, 0) is 23.9 Å². The number of esters is 1. The Bertz CT molecular complexity index is 2060. The van der Waals surface area contributed by atoms with Crippen molar-refractivity contribution in [1.82, 2.24) is 14.9 Å². The lowest BCUT2D eigenvalue weighted by Gasteiger charge is -2.68. The SMILES string of the molecule is C=C(C)[C@@H]1CC[C@]2(C(=O)N3C[C@H](OC(C)C)C[C@H]3c3nc(-c4ccccc4)c[nH]3)CC[C@]3(C)[C@H](CC[C@@H]4C[C@H](C(C)(C)[C@H](CCCC)OC(=O)[C@H]5C[C@@H](C(=O)O)C5(C)C)CC[C@]43C)[C@@H]12. The molecule has 9 nitrogen and oxygen atoms in total. The monoisotopic (exact) mass is 880 g/mol. The molecule has 0 spiro atoms. The highest BCUT2D eigenvalue weighted by atomic mass is 16.5. The number of carbonyl (C=O) groups is 3. The molecule has 2 N–H and O–H groups in total. The van der Waals surface area contributed by atoms with Gasteiger partial charge in [0.15, 0.2) is 0 Å². The van der Waals surface area contributed by atoms with Crippen LogP contribution in [-0.4, -0.2) is 62.7 Å². The molecule has 0 unspecified atom stereocenters. The van der Waals surface area contributed by atoms with Crippen molar-refractivity contribution in [3.8, 4) is 11.3 Å². The first kappa shape index (κ1) is 47.0. The van der Waals surface area contributed by atoms with Gasteiger partial charge in [-0.25, -0.2) is 4.98 Å². The fourth-order valence-corrected chi connectivity index (χ4v) is 15.4. The number of hydrogen-bond acceptors (Lipinski definition) is 6. The van der Waals surface area contributed by atoms with Gasteiger partial charge < -0.3 is 24.5 Å². The summed E-state index contributed by atoms with van der Waals surface area (Å²) in [4.78, 5) is 52.5. The molecule has 6 aliphatic rings. The highest BCUT2D eigenvalue weighted by Gasteiger charge is 2.69. The van der Waals surface area contributed by atoms with E-state index in [1.165, 1.54) is 5.57 Å². The van der Waals surface area contributed by atoms with Gasteiger partial charge in [-0.1, -0.05) is 104 Å². The fourth-order valence-electron chi connectivity index (χ4n) is 15.4. The third-order valence-electron chi connectivity index (χ3n) is 19.8. The van der Waals surface area contributed by atoms with Gasteiger partial charge in [-0.15, -0.1) is 0 Å². The molecule has 2 aromatic rings. The molecule has 352 valence electrons. The number of benzene rings is 1. The number of likely N-dealkylation sites (tertiary alicyclic amines) is 1. The normalized spacial score (nSPS) is 37.2. The number of aromatic nitrogens is 2. The van der Waals surface area contributed by atoms with Gasteiger partial charge >= 0.3 is 11.9 Å². The van der Waals surface area contributed by atoms with Gasteiger partial charge in [0.2, 0.25) is 5.91 Å². The number of rotatable bonds is 14. The highest BCUT2D eigenvalue weighted by molar-refractivity contribution is 5.85. The van der Waals surface area contributed by atoms with E-state index in [2.05, 4.69) is 84.0 Å². The molecule has 0 radical (unpaired) electrons. The minimum Gasteiger partial charge on any atom is -0.481 e. The second-order valence-corrected chi connectivity index (χ2v) is 23.8. The number of hydrogen-bond donors (Lipinski definition) is 2. The molecule has 1 aliphatic heterocycles. The maximum atomic E-state index is 15.9. The number of carboxylic acids is 1. The summed E-state index contributed by atoms with van der Waals surface area (Å²) in [6.07, 6.45) is 15.3. The predicted octanol–water partition coefficient (Wildman–Crippen LogP) is 12.2. The first-order chi connectivity index (χ1) is 30.2. The van der Waals surface area contributed by atoms with Crippen molar-refractivity contribution in [3.05, 3.63) is 54.5 Å². The maximum Gasteiger partial charge on any atom is 0.309 e. The number of fused-ring (bicyclic) bond motifs is 5. The Morgan fingerprint density at radius 3 is 2.34 bits per heavy atom. The third-order valence-corrected chi connectivity index (χ3v) is 19.8. The molecule has 1 amide bonds. The lowest BCUT2D eigenvalue weighted by molar-refractivity contribution is -0.201. The number of nitrogens with one attached hydrogen (secondary N) is 1. The molecule has 9 heteroatoms. The molecular weight excluding hydrogens is 799 g/mol. The predicted molar refractivity (Wildman–Crippen MR) is 252 cm³/mol. The zero-order valence-electron chi connectivity index (χ0n) is 41.0. The summed E-state index contributed by atoms with van der Waals surface area (Å²) in [7, 11) is 0. The van der Waals surface area contributed by atoms with Crippen molar-refractivity contribution in [1.29, 1.82) is 0 Å². The van der Waals surface area contributed by atoms with E-state index in [0.29, 0.717) is 42.5 Å². The Labute approximate surface area is 384 Å². The largest absolute Gasteiger partial charge is 0.481 e. The van der Waals surface area contributed by atoms with E-state index in [-0.39, 0.29) is 58.4 Å². The van der Waals surface area contributed by atoms with Crippen molar-refractivity contribution < 1.29 is 29.0 Å². The average molecular weight is 880 g/mol. The number of carboxylic acid groups (broad SMARTS) is 1. The number of allylic oxidation sites excluding steroid dienone is 1. The molecule has 5 aliphatic carbocycles. The van der Waals surface area contributed by atoms with Crippen LogP contribution in [0, 0.1) is 68.5 Å². The lowest BCUT2D eigenvalue weighted by atomic mass is 9.37.